The Bertz CT molecular complexity index is 1300. The molecule has 0 unspecified atom stereocenters. The average molecular weight is 507 g/mol. The van der Waals surface area contributed by atoms with E-state index in [0.717, 1.165) is 4.31 Å². The first kappa shape index (κ1) is 24.6. The van der Waals surface area contributed by atoms with Crippen molar-refractivity contribution in [3.8, 4) is 0 Å². The van der Waals surface area contributed by atoms with E-state index < -0.39 is 28.4 Å². The predicted octanol–water partition coefficient (Wildman–Crippen LogP) is 4.92. The van der Waals surface area contributed by atoms with Gasteiger partial charge in [0.15, 0.2) is 0 Å². The lowest BCUT2D eigenvalue weighted by molar-refractivity contribution is -0.114. The summed E-state index contributed by atoms with van der Waals surface area (Å²) < 4.78 is 32.5. The number of carbonyl (C=O) groups is 2. The van der Waals surface area contributed by atoms with Crippen molar-refractivity contribution in [2.75, 3.05) is 23.3 Å². The number of nitrogens with zero attached hydrogens (tertiary/aromatic N) is 1. The molecule has 0 aliphatic rings. The van der Waals surface area contributed by atoms with Crippen LogP contribution in [0.4, 0.5) is 11.4 Å². The van der Waals surface area contributed by atoms with Crippen molar-refractivity contribution >= 4 is 56.5 Å². The summed E-state index contributed by atoms with van der Waals surface area (Å²) >= 11 is 12.3. The standard InChI is InChI=1S/C23H20Cl2N2O5S/c1-15-18(23(29)32-2)9-6-10-20(15)26-22(28)14-27(21-12-11-16(24)13-19(21)25)33(30,31)17-7-4-3-5-8-17/h3-13H,14H2,1-2H3,(H,26,28). The highest BCUT2D eigenvalue weighted by molar-refractivity contribution is 7.92. The second-order valence-electron chi connectivity index (χ2n) is 6.94. The Hall–Kier alpha value is -3.07. The van der Waals surface area contributed by atoms with Gasteiger partial charge in [0, 0.05) is 10.7 Å². The van der Waals surface area contributed by atoms with Gasteiger partial charge in [-0.2, -0.15) is 0 Å². The molecule has 10 heteroatoms. The van der Waals surface area contributed by atoms with E-state index in [1.807, 2.05) is 0 Å². The van der Waals surface area contributed by atoms with E-state index in [2.05, 4.69) is 5.32 Å². The minimum atomic E-state index is -4.14. The first-order valence-corrected chi connectivity index (χ1v) is 11.9. The maximum Gasteiger partial charge on any atom is 0.338 e. The van der Waals surface area contributed by atoms with Crippen molar-refractivity contribution < 1.29 is 22.7 Å². The molecule has 1 N–H and O–H groups in total. The van der Waals surface area contributed by atoms with Crippen LogP contribution in [0.1, 0.15) is 15.9 Å². The van der Waals surface area contributed by atoms with Crippen LogP contribution in [-0.4, -0.2) is 33.9 Å². The number of amides is 1. The number of nitrogens with one attached hydrogen (secondary N) is 1. The van der Waals surface area contributed by atoms with Crippen LogP contribution in [0.3, 0.4) is 0 Å². The molecule has 172 valence electrons. The van der Waals surface area contributed by atoms with Crippen molar-refractivity contribution in [1.82, 2.24) is 0 Å². The lowest BCUT2D eigenvalue weighted by atomic mass is 10.1. The van der Waals surface area contributed by atoms with Crippen LogP contribution in [0.2, 0.25) is 10.0 Å². The molecule has 0 saturated heterocycles. The number of esters is 1. The van der Waals surface area contributed by atoms with Gasteiger partial charge in [0.25, 0.3) is 10.0 Å². The summed E-state index contributed by atoms with van der Waals surface area (Å²) in [6.07, 6.45) is 0. The van der Waals surface area contributed by atoms with Crippen molar-refractivity contribution in [3.05, 3.63) is 87.9 Å². The summed E-state index contributed by atoms with van der Waals surface area (Å²) in [5.41, 5.74) is 1.21. The van der Waals surface area contributed by atoms with Crippen LogP contribution < -0.4 is 9.62 Å². The molecule has 0 heterocycles. The number of anilines is 2. The third-order valence-corrected chi connectivity index (χ3v) is 7.12. The van der Waals surface area contributed by atoms with Crippen LogP contribution in [0.5, 0.6) is 0 Å². The van der Waals surface area contributed by atoms with Gasteiger partial charge in [-0.05, 0) is 55.0 Å². The number of hydrogen-bond donors (Lipinski definition) is 1. The van der Waals surface area contributed by atoms with Crippen LogP contribution in [0.25, 0.3) is 0 Å². The molecule has 1 amide bonds. The van der Waals surface area contributed by atoms with E-state index in [4.69, 9.17) is 27.9 Å². The molecule has 3 aromatic carbocycles. The molecule has 0 bridgehead atoms. The summed E-state index contributed by atoms with van der Waals surface area (Å²) in [7, 11) is -2.88. The van der Waals surface area contributed by atoms with Crippen molar-refractivity contribution in [2.24, 2.45) is 0 Å². The molecule has 0 aromatic heterocycles. The van der Waals surface area contributed by atoms with Gasteiger partial charge in [-0.25, -0.2) is 13.2 Å². The highest BCUT2D eigenvalue weighted by Crippen LogP contribution is 2.32. The van der Waals surface area contributed by atoms with Gasteiger partial charge in [-0.1, -0.05) is 47.5 Å². The van der Waals surface area contributed by atoms with Gasteiger partial charge in [0.2, 0.25) is 5.91 Å². The second-order valence-corrected chi connectivity index (χ2v) is 9.64. The molecule has 33 heavy (non-hydrogen) atoms. The number of halogens is 2. The number of benzene rings is 3. The van der Waals surface area contributed by atoms with Crippen molar-refractivity contribution in [3.63, 3.8) is 0 Å². The average Bonchev–Trinajstić information content (AvgIpc) is 2.79. The first-order valence-electron chi connectivity index (χ1n) is 9.65. The first-order chi connectivity index (χ1) is 15.6. The Morgan fingerprint density at radius 3 is 2.33 bits per heavy atom. The largest absolute Gasteiger partial charge is 0.465 e. The number of hydrogen-bond acceptors (Lipinski definition) is 5. The van der Waals surface area contributed by atoms with E-state index in [0.29, 0.717) is 16.3 Å². The fourth-order valence-corrected chi connectivity index (χ4v) is 5.15. The van der Waals surface area contributed by atoms with Crippen molar-refractivity contribution in [2.45, 2.75) is 11.8 Å². The number of carbonyl (C=O) groups excluding carboxylic acids is 2. The van der Waals surface area contributed by atoms with Gasteiger partial charge in [-0.15, -0.1) is 0 Å². The smallest absolute Gasteiger partial charge is 0.338 e. The Kier molecular flexibility index (Phi) is 7.63. The minimum absolute atomic E-state index is 0.00677. The summed E-state index contributed by atoms with van der Waals surface area (Å²) in [5.74, 6) is -1.18. The molecule has 7 nitrogen and oxygen atoms in total. The Balaban J connectivity index is 1.98. The number of sulfonamides is 1. The highest BCUT2D eigenvalue weighted by atomic mass is 35.5. The topological polar surface area (TPSA) is 92.8 Å². The Morgan fingerprint density at radius 2 is 1.70 bits per heavy atom. The predicted molar refractivity (Wildman–Crippen MR) is 129 cm³/mol. The molecule has 0 radical (unpaired) electrons. The summed E-state index contributed by atoms with van der Waals surface area (Å²) in [5, 5.41) is 3.05. The molecule has 3 rings (SSSR count). The quantitative estimate of drug-likeness (QED) is 0.459. The van der Waals surface area contributed by atoms with E-state index in [1.165, 1.54) is 37.4 Å². The number of methoxy groups -OCH3 is 1. The molecule has 0 saturated carbocycles. The third-order valence-electron chi connectivity index (χ3n) is 4.81. The van der Waals surface area contributed by atoms with Crippen LogP contribution in [0.15, 0.2) is 71.6 Å². The molecule has 0 aliphatic carbocycles. The van der Waals surface area contributed by atoms with Crippen LogP contribution >= 0.6 is 23.2 Å². The maximum absolute atomic E-state index is 13.4. The zero-order chi connectivity index (χ0) is 24.2. The van der Waals surface area contributed by atoms with Gasteiger partial charge in [-0.3, -0.25) is 9.10 Å². The summed E-state index contributed by atoms with van der Waals surface area (Å²) in [4.78, 5) is 24.9. The van der Waals surface area contributed by atoms with Crippen LogP contribution in [-0.2, 0) is 19.6 Å². The van der Waals surface area contributed by atoms with Gasteiger partial charge in [0.1, 0.15) is 6.54 Å². The van der Waals surface area contributed by atoms with Gasteiger partial charge in [0.05, 0.1) is 28.3 Å². The Labute approximate surface area is 201 Å². The van der Waals surface area contributed by atoms with Gasteiger partial charge < -0.3 is 10.1 Å². The SMILES string of the molecule is COC(=O)c1cccc(NC(=O)CN(c2ccc(Cl)cc2Cl)S(=O)(=O)c2ccccc2)c1C. The van der Waals surface area contributed by atoms with E-state index in [9.17, 15) is 18.0 Å². The molecule has 0 spiro atoms. The normalized spacial score (nSPS) is 11.0. The zero-order valence-electron chi connectivity index (χ0n) is 17.7. The highest BCUT2D eigenvalue weighted by Gasteiger charge is 2.29. The molecule has 0 atom stereocenters. The molecule has 0 aliphatic heterocycles. The van der Waals surface area contributed by atoms with E-state index >= 15 is 0 Å². The zero-order valence-corrected chi connectivity index (χ0v) is 20.0. The van der Waals surface area contributed by atoms with E-state index in [-0.39, 0.29) is 21.2 Å². The molecular formula is C23H20Cl2N2O5S. The molecule has 0 fully saturated rings. The van der Waals surface area contributed by atoms with Crippen molar-refractivity contribution in [1.29, 1.82) is 0 Å². The fourth-order valence-electron chi connectivity index (χ4n) is 3.13. The number of rotatable bonds is 7. The van der Waals surface area contributed by atoms with Crippen LogP contribution in [0, 0.1) is 6.92 Å². The van der Waals surface area contributed by atoms with E-state index in [1.54, 1.807) is 43.3 Å². The molecular weight excluding hydrogens is 487 g/mol. The number of ether oxygens (including phenoxy) is 1. The molecule has 3 aromatic rings. The summed E-state index contributed by atoms with van der Waals surface area (Å²) in [6, 6.07) is 16.8. The lowest BCUT2D eigenvalue weighted by Gasteiger charge is -2.25. The second kappa shape index (κ2) is 10.2. The summed E-state index contributed by atoms with van der Waals surface area (Å²) in [6.45, 7) is 1.08. The maximum atomic E-state index is 13.4. The lowest BCUT2D eigenvalue weighted by Crippen LogP contribution is -2.38. The Morgan fingerprint density at radius 1 is 1.00 bits per heavy atom. The van der Waals surface area contributed by atoms with Gasteiger partial charge >= 0.3 is 5.97 Å². The minimum Gasteiger partial charge on any atom is -0.465 e. The fraction of sp³-hybridized carbons (Fsp3) is 0.130. The third kappa shape index (κ3) is 5.47. The monoisotopic (exact) mass is 506 g/mol.